The van der Waals surface area contributed by atoms with Crippen LogP contribution < -0.4 is 10.1 Å². The van der Waals surface area contributed by atoms with Crippen LogP contribution in [0.25, 0.3) is 0 Å². The molecule has 0 radical (unpaired) electrons. The van der Waals surface area contributed by atoms with Crippen molar-refractivity contribution in [1.29, 1.82) is 0 Å². The maximum atomic E-state index is 11.0. The molecule has 130 valence electrons. The molecular formula is C18H30N2O3. The van der Waals surface area contributed by atoms with Crippen molar-refractivity contribution in [2.75, 3.05) is 25.0 Å². The lowest BCUT2D eigenvalue weighted by Crippen LogP contribution is -2.43. The number of nitrogens with one attached hydrogen (secondary N) is 1. The summed E-state index contributed by atoms with van der Waals surface area (Å²) in [4.78, 5) is 13.2. The number of likely N-dealkylation sites (N-methyl/N-ethyl adjacent to an activating group) is 1. The summed E-state index contributed by atoms with van der Waals surface area (Å²) < 4.78 is 5.62. The van der Waals surface area contributed by atoms with E-state index in [9.17, 15) is 9.90 Å². The molecule has 0 heterocycles. The number of aliphatic hydroxyl groups excluding tert-OH is 1. The minimum Gasteiger partial charge on any atom is -0.491 e. The van der Waals surface area contributed by atoms with Gasteiger partial charge in [-0.2, -0.15) is 0 Å². The van der Waals surface area contributed by atoms with Crippen molar-refractivity contribution in [2.24, 2.45) is 5.92 Å². The first kappa shape index (κ1) is 19.5. The van der Waals surface area contributed by atoms with Crippen LogP contribution in [0.3, 0.4) is 0 Å². The van der Waals surface area contributed by atoms with E-state index in [0.717, 1.165) is 12.2 Å². The lowest BCUT2D eigenvalue weighted by Gasteiger charge is -2.32. The van der Waals surface area contributed by atoms with E-state index in [1.165, 1.54) is 6.92 Å². The average Bonchev–Trinajstić information content (AvgIpc) is 2.50. The highest BCUT2D eigenvalue weighted by Gasteiger charge is 2.19. The molecule has 5 nitrogen and oxygen atoms in total. The van der Waals surface area contributed by atoms with Crippen molar-refractivity contribution in [1.82, 2.24) is 4.90 Å². The molecule has 0 bridgehead atoms. The Labute approximate surface area is 139 Å². The monoisotopic (exact) mass is 322 g/mol. The summed E-state index contributed by atoms with van der Waals surface area (Å²) in [5.74, 6) is 1.12. The van der Waals surface area contributed by atoms with Crippen LogP contribution in [0.5, 0.6) is 5.75 Å². The van der Waals surface area contributed by atoms with Gasteiger partial charge in [-0.15, -0.1) is 0 Å². The van der Waals surface area contributed by atoms with Crippen LogP contribution in [0.15, 0.2) is 24.3 Å². The SMILES string of the molecule is CCN(CC(O)COc1ccc(NC(C)=O)cc1)C(C)C(C)C. The lowest BCUT2D eigenvalue weighted by atomic mass is 10.0. The van der Waals surface area contributed by atoms with Gasteiger partial charge in [0.25, 0.3) is 0 Å². The molecule has 0 aromatic heterocycles. The number of benzene rings is 1. The number of rotatable bonds is 9. The Balaban J connectivity index is 2.45. The summed E-state index contributed by atoms with van der Waals surface area (Å²) in [6, 6.07) is 7.55. The number of carbonyl (C=O) groups is 1. The highest BCUT2D eigenvalue weighted by atomic mass is 16.5. The summed E-state index contributed by atoms with van der Waals surface area (Å²) in [7, 11) is 0. The maximum Gasteiger partial charge on any atom is 0.221 e. The molecule has 2 unspecified atom stereocenters. The van der Waals surface area contributed by atoms with E-state index in [0.29, 0.717) is 24.3 Å². The van der Waals surface area contributed by atoms with E-state index in [1.54, 1.807) is 24.3 Å². The Morgan fingerprint density at radius 1 is 1.26 bits per heavy atom. The average molecular weight is 322 g/mol. The number of carbonyl (C=O) groups excluding carboxylic acids is 1. The van der Waals surface area contributed by atoms with Crippen LogP contribution in [-0.4, -0.2) is 47.8 Å². The molecule has 0 spiro atoms. The number of aliphatic hydroxyl groups is 1. The Bertz CT molecular complexity index is 474. The Morgan fingerprint density at radius 2 is 1.87 bits per heavy atom. The van der Waals surface area contributed by atoms with Gasteiger partial charge in [0.15, 0.2) is 0 Å². The standard InChI is InChI=1S/C18H30N2O3/c1-6-20(14(4)13(2)3)11-17(22)12-23-18-9-7-16(8-10-18)19-15(5)21/h7-10,13-14,17,22H,6,11-12H2,1-5H3,(H,19,21). The predicted octanol–water partition coefficient (Wildman–Crippen LogP) is 2.75. The smallest absolute Gasteiger partial charge is 0.221 e. The van der Waals surface area contributed by atoms with Crippen LogP contribution in [0.1, 0.15) is 34.6 Å². The molecule has 0 aliphatic rings. The molecule has 1 amide bonds. The molecule has 5 heteroatoms. The molecule has 2 atom stereocenters. The minimum atomic E-state index is -0.536. The summed E-state index contributed by atoms with van der Waals surface area (Å²) >= 11 is 0. The topological polar surface area (TPSA) is 61.8 Å². The fourth-order valence-electron chi connectivity index (χ4n) is 2.36. The largest absolute Gasteiger partial charge is 0.491 e. The van der Waals surface area contributed by atoms with Crippen LogP contribution >= 0.6 is 0 Å². The quantitative estimate of drug-likeness (QED) is 0.734. The number of ether oxygens (including phenoxy) is 1. The van der Waals surface area contributed by atoms with Crippen molar-refractivity contribution >= 4 is 11.6 Å². The molecule has 0 aliphatic heterocycles. The molecule has 1 aromatic rings. The van der Waals surface area contributed by atoms with Crippen molar-refractivity contribution in [3.63, 3.8) is 0 Å². The molecule has 23 heavy (non-hydrogen) atoms. The van der Waals surface area contributed by atoms with Crippen LogP contribution in [0, 0.1) is 5.92 Å². The number of hydrogen-bond donors (Lipinski definition) is 2. The first-order valence-corrected chi connectivity index (χ1v) is 8.26. The zero-order valence-electron chi connectivity index (χ0n) is 14.9. The highest BCUT2D eigenvalue weighted by Crippen LogP contribution is 2.16. The Hall–Kier alpha value is -1.59. The van der Waals surface area contributed by atoms with E-state index in [2.05, 4.69) is 37.9 Å². The number of hydrogen-bond acceptors (Lipinski definition) is 4. The van der Waals surface area contributed by atoms with Gasteiger partial charge >= 0.3 is 0 Å². The first-order chi connectivity index (χ1) is 10.8. The van der Waals surface area contributed by atoms with Crippen LogP contribution in [0.2, 0.25) is 0 Å². The Kier molecular flexibility index (Phi) is 8.06. The minimum absolute atomic E-state index is 0.104. The van der Waals surface area contributed by atoms with Crippen LogP contribution in [0.4, 0.5) is 5.69 Å². The van der Waals surface area contributed by atoms with Gasteiger partial charge in [-0.05, 0) is 43.7 Å². The van der Waals surface area contributed by atoms with Gasteiger partial charge in [0.1, 0.15) is 18.5 Å². The van der Waals surface area contributed by atoms with Gasteiger partial charge in [0, 0.05) is 25.2 Å². The second-order valence-electron chi connectivity index (χ2n) is 6.24. The summed E-state index contributed by atoms with van der Waals surface area (Å²) in [6.45, 7) is 11.9. The van der Waals surface area contributed by atoms with E-state index in [-0.39, 0.29) is 12.5 Å². The van der Waals surface area contributed by atoms with Gasteiger partial charge < -0.3 is 15.2 Å². The fourth-order valence-corrected chi connectivity index (χ4v) is 2.36. The molecule has 0 fully saturated rings. The molecule has 0 saturated heterocycles. The van der Waals surface area contributed by atoms with Gasteiger partial charge in [0.05, 0.1) is 0 Å². The van der Waals surface area contributed by atoms with Gasteiger partial charge in [0.2, 0.25) is 5.91 Å². The van der Waals surface area contributed by atoms with Crippen molar-refractivity contribution in [2.45, 2.75) is 46.8 Å². The second-order valence-corrected chi connectivity index (χ2v) is 6.24. The van der Waals surface area contributed by atoms with Crippen molar-refractivity contribution in [3.8, 4) is 5.75 Å². The highest BCUT2D eigenvalue weighted by molar-refractivity contribution is 5.88. The zero-order chi connectivity index (χ0) is 17.4. The first-order valence-electron chi connectivity index (χ1n) is 8.26. The summed E-state index contributed by atoms with van der Waals surface area (Å²) in [6.07, 6.45) is -0.536. The normalized spacial score (nSPS) is 13.9. The molecule has 2 N–H and O–H groups in total. The van der Waals surface area contributed by atoms with Gasteiger partial charge in [-0.3, -0.25) is 9.69 Å². The third kappa shape index (κ3) is 7.01. The summed E-state index contributed by atoms with van der Waals surface area (Å²) in [5, 5.41) is 12.9. The van der Waals surface area contributed by atoms with Gasteiger partial charge in [-0.1, -0.05) is 20.8 Å². The Morgan fingerprint density at radius 3 is 2.35 bits per heavy atom. The third-order valence-corrected chi connectivity index (χ3v) is 4.01. The third-order valence-electron chi connectivity index (χ3n) is 4.01. The van der Waals surface area contributed by atoms with E-state index < -0.39 is 6.10 Å². The summed E-state index contributed by atoms with van der Waals surface area (Å²) in [5.41, 5.74) is 0.730. The molecule has 0 aliphatic carbocycles. The number of anilines is 1. The van der Waals surface area contributed by atoms with E-state index in [1.807, 2.05) is 0 Å². The van der Waals surface area contributed by atoms with Crippen molar-refractivity contribution in [3.05, 3.63) is 24.3 Å². The zero-order valence-corrected chi connectivity index (χ0v) is 14.9. The number of nitrogens with zero attached hydrogens (tertiary/aromatic N) is 1. The van der Waals surface area contributed by atoms with E-state index >= 15 is 0 Å². The van der Waals surface area contributed by atoms with Gasteiger partial charge in [-0.25, -0.2) is 0 Å². The molecule has 1 rings (SSSR count). The fraction of sp³-hybridized carbons (Fsp3) is 0.611. The lowest BCUT2D eigenvalue weighted by molar-refractivity contribution is -0.114. The van der Waals surface area contributed by atoms with Crippen molar-refractivity contribution < 1.29 is 14.6 Å². The predicted molar refractivity (Wildman–Crippen MR) is 93.8 cm³/mol. The maximum absolute atomic E-state index is 11.0. The number of amides is 1. The van der Waals surface area contributed by atoms with E-state index in [4.69, 9.17) is 4.74 Å². The molecule has 0 saturated carbocycles. The molecule has 1 aromatic carbocycles. The van der Waals surface area contributed by atoms with Crippen LogP contribution in [-0.2, 0) is 4.79 Å². The second kappa shape index (κ2) is 9.53. The molecular weight excluding hydrogens is 292 g/mol.